The molecule has 2 nitrogen and oxygen atoms in total. The van der Waals surface area contributed by atoms with Gasteiger partial charge in [-0.15, -0.1) is 0 Å². The zero-order valence-electron chi connectivity index (χ0n) is 35.1. The molecule has 3 aliphatic rings. The lowest BCUT2D eigenvalue weighted by molar-refractivity contribution is 0.293. The number of ether oxygens (including phenoxy) is 1. The second-order valence-corrected chi connectivity index (χ2v) is 17.3. The van der Waals surface area contributed by atoms with Gasteiger partial charge in [-0.3, -0.25) is 0 Å². The van der Waals surface area contributed by atoms with Gasteiger partial charge in [0.05, 0.1) is 5.41 Å². The summed E-state index contributed by atoms with van der Waals surface area (Å²) in [5.74, 6) is 0.963. The van der Waals surface area contributed by atoms with Gasteiger partial charge in [-0.05, 0) is 120 Å². The highest BCUT2D eigenvalue weighted by atomic mass is 16.5. The highest BCUT2D eigenvalue weighted by Gasteiger charge is 2.47. The molecule has 0 aromatic heterocycles. The van der Waals surface area contributed by atoms with Crippen LogP contribution in [-0.4, -0.2) is 0 Å². The Morgan fingerprint density at radius 2 is 1.16 bits per heavy atom. The van der Waals surface area contributed by atoms with Crippen LogP contribution in [0, 0.1) is 0 Å². The first-order valence-corrected chi connectivity index (χ1v) is 21.7. The van der Waals surface area contributed by atoms with E-state index in [1.807, 2.05) is 6.20 Å². The third kappa shape index (κ3) is 6.25. The number of para-hydroxylation sites is 2. The van der Waals surface area contributed by atoms with Crippen molar-refractivity contribution in [2.24, 2.45) is 0 Å². The molecule has 1 unspecified atom stereocenters. The van der Waals surface area contributed by atoms with E-state index in [1.165, 1.54) is 83.5 Å². The van der Waals surface area contributed by atoms with Crippen molar-refractivity contribution in [1.82, 2.24) is 0 Å². The molecule has 1 aliphatic heterocycles. The first kappa shape index (κ1) is 37.6. The molecule has 62 heavy (non-hydrogen) atoms. The monoisotopic (exact) mass is 797 g/mol. The summed E-state index contributed by atoms with van der Waals surface area (Å²) in [7, 11) is 0. The second-order valence-electron chi connectivity index (χ2n) is 17.3. The van der Waals surface area contributed by atoms with Crippen LogP contribution in [0.1, 0.15) is 63.9 Å². The van der Waals surface area contributed by atoms with Gasteiger partial charge < -0.3 is 10.1 Å². The molecule has 0 saturated heterocycles. The summed E-state index contributed by atoms with van der Waals surface area (Å²) in [6, 6.07) is 68.5. The second kappa shape index (κ2) is 15.2. The van der Waals surface area contributed by atoms with Gasteiger partial charge in [0, 0.05) is 22.9 Å². The minimum Gasteiger partial charge on any atom is -0.489 e. The van der Waals surface area contributed by atoms with Crippen LogP contribution in [0.15, 0.2) is 212 Å². The van der Waals surface area contributed by atoms with Crippen molar-refractivity contribution in [3.63, 3.8) is 0 Å². The first-order valence-electron chi connectivity index (χ1n) is 21.7. The van der Waals surface area contributed by atoms with Gasteiger partial charge in [-0.25, -0.2) is 0 Å². The van der Waals surface area contributed by atoms with E-state index in [4.69, 9.17) is 4.74 Å². The molecular formula is C60H47NO. The van der Waals surface area contributed by atoms with E-state index < -0.39 is 0 Å². The van der Waals surface area contributed by atoms with Crippen LogP contribution in [0.2, 0.25) is 0 Å². The van der Waals surface area contributed by atoms with Gasteiger partial charge in [-0.2, -0.15) is 0 Å². The number of benzene rings is 8. The van der Waals surface area contributed by atoms with Crippen molar-refractivity contribution in [3.05, 3.63) is 263 Å². The van der Waals surface area contributed by atoms with Gasteiger partial charge in [0.2, 0.25) is 0 Å². The van der Waals surface area contributed by atoms with Crippen molar-refractivity contribution in [1.29, 1.82) is 0 Å². The Morgan fingerprint density at radius 1 is 0.532 bits per heavy atom. The van der Waals surface area contributed by atoms with Gasteiger partial charge in [0.15, 0.2) is 0 Å². The summed E-state index contributed by atoms with van der Waals surface area (Å²) in [6.45, 7) is 5.24. The van der Waals surface area contributed by atoms with Crippen LogP contribution in [0.25, 0.3) is 45.0 Å². The van der Waals surface area contributed by atoms with Crippen molar-refractivity contribution >= 4 is 17.3 Å². The molecule has 2 aliphatic carbocycles. The number of anilines is 1. The van der Waals surface area contributed by atoms with E-state index in [1.54, 1.807) is 0 Å². The topological polar surface area (TPSA) is 21.3 Å². The summed E-state index contributed by atoms with van der Waals surface area (Å²) in [6.07, 6.45) is 11.8. The van der Waals surface area contributed by atoms with Crippen LogP contribution in [-0.2, 0) is 23.9 Å². The zero-order valence-corrected chi connectivity index (χ0v) is 35.1. The SMILES string of the molecule is CC1(C)c2ccccc2-c2ccc(C(/C=C\c3ccc4c(c3)C3(Cc5ccccc5OCc5ccccc53)c3ccccc3-4)=C/C=C/Nc3ccccc3-c3ccccc3)cc21. The number of fused-ring (bicyclic) bond motifs is 11. The maximum atomic E-state index is 6.49. The van der Waals surface area contributed by atoms with E-state index in [9.17, 15) is 0 Å². The average molecular weight is 798 g/mol. The Kier molecular flexibility index (Phi) is 9.24. The molecule has 0 amide bonds. The molecule has 0 saturated carbocycles. The van der Waals surface area contributed by atoms with Crippen LogP contribution >= 0.6 is 0 Å². The Labute approximate surface area is 365 Å². The fraction of sp³-hybridized carbons (Fsp3) is 0.100. The Bertz CT molecular complexity index is 3110. The predicted octanol–water partition coefficient (Wildman–Crippen LogP) is 14.8. The van der Waals surface area contributed by atoms with Gasteiger partial charge in [-0.1, -0.05) is 196 Å². The lowest BCUT2D eigenvalue weighted by atomic mass is 9.67. The van der Waals surface area contributed by atoms with E-state index in [0.717, 1.165) is 23.4 Å². The molecule has 8 aromatic rings. The van der Waals surface area contributed by atoms with Crippen molar-refractivity contribution in [2.45, 2.75) is 37.7 Å². The minimum atomic E-state index is -0.379. The number of nitrogens with one attached hydrogen (secondary N) is 1. The standard InChI is InChI=1S/C60H47NO/c1-59(2)53-26-12-8-23-48(53)50-35-33-44(38-55(50)59)42(21-16-36-61-57-28-14-10-22-47(57)43-17-4-3-5-18-43)32-30-41-31-34-51-49-24-9-13-27-54(49)60(56(51)37-41)39-45-19-7-15-29-58(45)62-40-46-20-6-11-25-52(46)60/h3-38,61H,39-40H2,1-2H3/b32-30-,36-16+,42-21+. The largest absolute Gasteiger partial charge is 0.489 e. The third-order valence-electron chi connectivity index (χ3n) is 13.5. The Balaban J connectivity index is 1.02. The van der Waals surface area contributed by atoms with Crippen LogP contribution < -0.4 is 10.1 Å². The molecule has 0 fully saturated rings. The highest BCUT2D eigenvalue weighted by molar-refractivity contribution is 5.88. The summed E-state index contributed by atoms with van der Waals surface area (Å²) >= 11 is 0. The Morgan fingerprint density at radius 3 is 2.00 bits per heavy atom. The summed E-state index contributed by atoms with van der Waals surface area (Å²) in [4.78, 5) is 0. The van der Waals surface area contributed by atoms with Crippen molar-refractivity contribution < 1.29 is 4.74 Å². The summed E-state index contributed by atoms with van der Waals surface area (Å²) < 4.78 is 6.49. The third-order valence-corrected chi connectivity index (χ3v) is 13.5. The minimum absolute atomic E-state index is 0.101. The van der Waals surface area contributed by atoms with Gasteiger partial charge in [0.1, 0.15) is 12.4 Å². The molecule has 1 heterocycles. The molecule has 1 spiro atoms. The van der Waals surface area contributed by atoms with Crippen molar-refractivity contribution in [3.8, 4) is 39.1 Å². The molecule has 2 heteroatoms. The first-order chi connectivity index (χ1) is 30.5. The number of rotatable bonds is 7. The fourth-order valence-corrected chi connectivity index (χ4v) is 10.4. The lowest BCUT2D eigenvalue weighted by Crippen LogP contribution is -2.32. The molecule has 0 bridgehead atoms. The van der Waals surface area contributed by atoms with Gasteiger partial charge in [0.25, 0.3) is 0 Å². The van der Waals surface area contributed by atoms with E-state index in [2.05, 4.69) is 232 Å². The lowest BCUT2D eigenvalue weighted by Gasteiger charge is -2.37. The highest BCUT2D eigenvalue weighted by Crippen LogP contribution is 2.56. The van der Waals surface area contributed by atoms with Crippen LogP contribution in [0.3, 0.4) is 0 Å². The van der Waals surface area contributed by atoms with E-state index >= 15 is 0 Å². The van der Waals surface area contributed by atoms with Crippen molar-refractivity contribution in [2.75, 3.05) is 5.32 Å². The maximum absolute atomic E-state index is 6.49. The molecular weight excluding hydrogens is 751 g/mol. The smallest absolute Gasteiger partial charge is 0.123 e. The average Bonchev–Trinajstić information content (AvgIpc) is 3.72. The Hall–Kier alpha value is -7.42. The molecule has 0 radical (unpaired) electrons. The van der Waals surface area contributed by atoms with Crippen LogP contribution in [0.4, 0.5) is 5.69 Å². The zero-order chi connectivity index (χ0) is 41.7. The molecule has 1 atom stereocenters. The quantitative estimate of drug-likeness (QED) is 0.162. The summed E-state index contributed by atoms with van der Waals surface area (Å²) in [5.41, 5.74) is 20.9. The number of hydrogen-bond donors (Lipinski definition) is 1. The molecule has 1 N–H and O–H groups in total. The fourth-order valence-electron chi connectivity index (χ4n) is 10.4. The normalized spacial score (nSPS) is 16.7. The molecule has 8 aromatic carbocycles. The predicted molar refractivity (Wildman–Crippen MR) is 258 cm³/mol. The van der Waals surface area contributed by atoms with Gasteiger partial charge >= 0.3 is 0 Å². The number of allylic oxidation sites excluding steroid dienone is 4. The van der Waals surface area contributed by atoms with E-state index in [0.29, 0.717) is 6.61 Å². The van der Waals surface area contributed by atoms with Crippen LogP contribution in [0.5, 0.6) is 5.75 Å². The molecule has 298 valence electrons. The maximum Gasteiger partial charge on any atom is 0.123 e. The van der Waals surface area contributed by atoms with E-state index in [-0.39, 0.29) is 10.8 Å². The number of hydrogen-bond acceptors (Lipinski definition) is 2. The molecule has 11 rings (SSSR count). The summed E-state index contributed by atoms with van der Waals surface area (Å²) in [5, 5.41) is 3.60.